The van der Waals surface area contributed by atoms with Gasteiger partial charge >= 0.3 is 0 Å². The summed E-state index contributed by atoms with van der Waals surface area (Å²) in [6, 6.07) is 4.80. The summed E-state index contributed by atoms with van der Waals surface area (Å²) in [4.78, 5) is 4.14. The summed E-state index contributed by atoms with van der Waals surface area (Å²) in [5.74, 6) is -0.220. The Bertz CT molecular complexity index is 750. The molecule has 0 fully saturated rings. The van der Waals surface area contributed by atoms with Crippen LogP contribution in [-0.2, 0) is 0 Å². The van der Waals surface area contributed by atoms with E-state index >= 15 is 0 Å². The molecule has 0 aliphatic rings. The number of nitrogens with one attached hydrogen (secondary N) is 1. The molecule has 4 nitrogen and oxygen atoms in total. The molecule has 0 bridgehead atoms. The lowest BCUT2D eigenvalue weighted by atomic mass is 9.96. The summed E-state index contributed by atoms with van der Waals surface area (Å²) in [6.07, 6.45) is 7.11. The van der Waals surface area contributed by atoms with Gasteiger partial charge in [-0.15, -0.1) is 0 Å². The molecule has 3 aromatic rings. The maximum Gasteiger partial charge on any atom is 0.123 e. The van der Waals surface area contributed by atoms with E-state index in [2.05, 4.69) is 15.4 Å². The molecule has 0 saturated heterocycles. The topological polar surface area (TPSA) is 42.2 Å². The lowest BCUT2D eigenvalue weighted by molar-refractivity contribution is 0.621. The Kier molecular flexibility index (Phi) is 3.20. The monoisotopic (exact) mass is 270 g/mol. The molecule has 2 heterocycles. The third-order valence-electron chi connectivity index (χ3n) is 3.50. The Morgan fingerprint density at radius 3 is 2.85 bits per heavy atom. The molecule has 1 atom stereocenters. The molecule has 0 aliphatic heterocycles. The van der Waals surface area contributed by atoms with Crippen LogP contribution in [0.4, 0.5) is 4.39 Å². The Morgan fingerprint density at radius 1 is 1.25 bits per heavy atom. The van der Waals surface area contributed by atoms with E-state index in [0.717, 1.165) is 22.2 Å². The van der Waals surface area contributed by atoms with Gasteiger partial charge in [0.25, 0.3) is 0 Å². The maximum atomic E-state index is 13.3. The Balaban J connectivity index is 2.14. The fraction of sp³-hybridized carbons (Fsp3) is 0.200. The number of hydrogen-bond acceptors (Lipinski definition) is 3. The summed E-state index contributed by atoms with van der Waals surface area (Å²) < 4.78 is 15.0. The molecule has 3 rings (SSSR count). The first kappa shape index (κ1) is 12.7. The van der Waals surface area contributed by atoms with Gasteiger partial charge in [-0.05, 0) is 37.2 Å². The molecule has 2 aromatic heterocycles. The number of halogens is 1. The highest BCUT2D eigenvalue weighted by atomic mass is 19.1. The molecule has 5 heteroatoms. The minimum Gasteiger partial charge on any atom is -0.309 e. The lowest BCUT2D eigenvalue weighted by Crippen LogP contribution is -2.18. The van der Waals surface area contributed by atoms with E-state index in [4.69, 9.17) is 0 Å². The average molecular weight is 270 g/mol. The molecule has 0 radical (unpaired) electrons. The molecule has 102 valence electrons. The van der Waals surface area contributed by atoms with Crippen molar-refractivity contribution in [3.05, 3.63) is 65.5 Å². The van der Waals surface area contributed by atoms with Gasteiger partial charge in [0.15, 0.2) is 0 Å². The van der Waals surface area contributed by atoms with Crippen LogP contribution in [0.25, 0.3) is 5.52 Å². The molecule has 0 spiro atoms. The van der Waals surface area contributed by atoms with Gasteiger partial charge in [-0.1, -0.05) is 6.07 Å². The Labute approximate surface area is 116 Å². The van der Waals surface area contributed by atoms with Crippen molar-refractivity contribution >= 4 is 5.52 Å². The molecule has 0 amide bonds. The predicted octanol–water partition coefficient (Wildman–Crippen LogP) is 2.49. The van der Waals surface area contributed by atoms with Crippen LogP contribution >= 0.6 is 0 Å². The van der Waals surface area contributed by atoms with Gasteiger partial charge in [0.2, 0.25) is 0 Å². The lowest BCUT2D eigenvalue weighted by Gasteiger charge is -2.18. The maximum absolute atomic E-state index is 13.3. The standard InChI is InChI=1S/C15H15FN4/c1-10-7-11(16)3-4-12(10)15(17-2)13-8-19-20-6-5-18-9-14(13)20/h3-9,15,17H,1-2H3. The molecular weight excluding hydrogens is 255 g/mol. The molecule has 1 N–H and O–H groups in total. The second-order valence-corrected chi connectivity index (χ2v) is 4.73. The second-order valence-electron chi connectivity index (χ2n) is 4.73. The van der Waals surface area contributed by atoms with Gasteiger partial charge in [-0.3, -0.25) is 4.98 Å². The SMILES string of the molecule is CNC(c1ccc(F)cc1C)c1cnn2ccncc12. The molecule has 0 aliphatic carbocycles. The summed E-state index contributed by atoms with van der Waals surface area (Å²) in [5.41, 5.74) is 3.91. The minimum atomic E-state index is -0.220. The van der Waals surface area contributed by atoms with E-state index in [-0.39, 0.29) is 11.9 Å². The van der Waals surface area contributed by atoms with Gasteiger partial charge in [0, 0.05) is 18.0 Å². The molecule has 1 unspecified atom stereocenters. The quantitative estimate of drug-likeness (QED) is 0.795. The van der Waals surface area contributed by atoms with Crippen molar-refractivity contribution in [2.75, 3.05) is 7.05 Å². The number of hydrogen-bond donors (Lipinski definition) is 1. The van der Waals surface area contributed by atoms with Gasteiger partial charge < -0.3 is 5.32 Å². The highest BCUT2D eigenvalue weighted by Crippen LogP contribution is 2.27. The van der Waals surface area contributed by atoms with Crippen LogP contribution in [0.1, 0.15) is 22.7 Å². The first-order chi connectivity index (χ1) is 9.70. The zero-order valence-corrected chi connectivity index (χ0v) is 11.3. The zero-order valence-electron chi connectivity index (χ0n) is 11.3. The van der Waals surface area contributed by atoms with E-state index < -0.39 is 0 Å². The normalized spacial score (nSPS) is 12.8. The van der Waals surface area contributed by atoms with Crippen LogP contribution in [0.15, 0.2) is 43.0 Å². The van der Waals surface area contributed by atoms with Gasteiger partial charge in [0.1, 0.15) is 5.82 Å². The third-order valence-corrected chi connectivity index (χ3v) is 3.50. The highest BCUT2D eigenvalue weighted by Gasteiger charge is 2.18. The summed E-state index contributed by atoms with van der Waals surface area (Å²) in [5, 5.41) is 7.59. The van der Waals surface area contributed by atoms with Gasteiger partial charge in [0.05, 0.1) is 24.0 Å². The van der Waals surface area contributed by atoms with Crippen molar-refractivity contribution in [3.8, 4) is 0 Å². The average Bonchev–Trinajstić information content (AvgIpc) is 2.86. The summed E-state index contributed by atoms with van der Waals surface area (Å²) in [7, 11) is 1.88. The summed E-state index contributed by atoms with van der Waals surface area (Å²) >= 11 is 0. The number of aromatic nitrogens is 3. The minimum absolute atomic E-state index is 0.0442. The van der Waals surface area contributed by atoms with E-state index in [1.54, 1.807) is 23.0 Å². The smallest absolute Gasteiger partial charge is 0.123 e. The predicted molar refractivity (Wildman–Crippen MR) is 75.0 cm³/mol. The molecule has 1 aromatic carbocycles. The second kappa shape index (κ2) is 5.02. The zero-order chi connectivity index (χ0) is 14.1. The molecular formula is C15H15FN4. The summed E-state index contributed by atoms with van der Waals surface area (Å²) in [6.45, 7) is 1.91. The third kappa shape index (κ3) is 2.06. The van der Waals surface area contributed by atoms with Crippen LogP contribution in [0.3, 0.4) is 0 Å². The number of benzene rings is 1. The van der Waals surface area contributed by atoms with Crippen molar-refractivity contribution in [2.24, 2.45) is 0 Å². The number of fused-ring (bicyclic) bond motifs is 1. The Morgan fingerprint density at radius 2 is 2.10 bits per heavy atom. The molecule has 20 heavy (non-hydrogen) atoms. The first-order valence-electron chi connectivity index (χ1n) is 6.41. The Hall–Kier alpha value is -2.27. The van der Waals surface area contributed by atoms with Crippen LogP contribution in [0.5, 0.6) is 0 Å². The van der Waals surface area contributed by atoms with Crippen molar-refractivity contribution in [2.45, 2.75) is 13.0 Å². The van der Waals surface area contributed by atoms with Crippen molar-refractivity contribution in [3.63, 3.8) is 0 Å². The largest absolute Gasteiger partial charge is 0.309 e. The van der Waals surface area contributed by atoms with Crippen LogP contribution < -0.4 is 5.32 Å². The van der Waals surface area contributed by atoms with Crippen LogP contribution in [-0.4, -0.2) is 21.6 Å². The van der Waals surface area contributed by atoms with Crippen molar-refractivity contribution in [1.82, 2.24) is 19.9 Å². The number of nitrogens with zero attached hydrogens (tertiary/aromatic N) is 3. The number of rotatable bonds is 3. The van der Waals surface area contributed by atoms with E-state index in [0.29, 0.717) is 0 Å². The van der Waals surface area contributed by atoms with Crippen LogP contribution in [0, 0.1) is 12.7 Å². The van der Waals surface area contributed by atoms with Crippen molar-refractivity contribution in [1.29, 1.82) is 0 Å². The van der Waals surface area contributed by atoms with Crippen LogP contribution in [0.2, 0.25) is 0 Å². The van der Waals surface area contributed by atoms with Gasteiger partial charge in [-0.25, -0.2) is 8.91 Å². The van der Waals surface area contributed by atoms with E-state index in [1.807, 2.05) is 32.4 Å². The number of aryl methyl sites for hydroxylation is 1. The van der Waals surface area contributed by atoms with E-state index in [9.17, 15) is 4.39 Å². The fourth-order valence-corrected chi connectivity index (χ4v) is 2.52. The first-order valence-corrected chi connectivity index (χ1v) is 6.41. The molecule has 0 saturated carbocycles. The van der Waals surface area contributed by atoms with Gasteiger partial charge in [-0.2, -0.15) is 5.10 Å². The van der Waals surface area contributed by atoms with E-state index in [1.165, 1.54) is 6.07 Å². The van der Waals surface area contributed by atoms with Crippen molar-refractivity contribution < 1.29 is 4.39 Å². The highest BCUT2D eigenvalue weighted by molar-refractivity contribution is 5.56. The fourth-order valence-electron chi connectivity index (χ4n) is 2.52.